The number of carbonyl (C=O) groups excluding carboxylic acids is 1. The average Bonchev–Trinajstić information content (AvgIpc) is 3.18. The summed E-state index contributed by atoms with van der Waals surface area (Å²) in [6.45, 7) is 0. The van der Waals surface area contributed by atoms with Crippen molar-refractivity contribution in [3.63, 3.8) is 0 Å². The highest BCUT2D eigenvalue weighted by Crippen LogP contribution is 2.38. The molecule has 0 bridgehead atoms. The van der Waals surface area contributed by atoms with Gasteiger partial charge in [-0.3, -0.25) is 4.79 Å². The lowest BCUT2D eigenvalue weighted by Gasteiger charge is -2.04. The summed E-state index contributed by atoms with van der Waals surface area (Å²) in [5.74, 6) is 0.710. The summed E-state index contributed by atoms with van der Waals surface area (Å²) in [5.41, 5.74) is 0.770. The fourth-order valence-electron chi connectivity index (χ4n) is 2.52. The third-order valence-corrected chi connectivity index (χ3v) is 4.97. The highest BCUT2D eigenvalue weighted by Gasteiger charge is 2.24. The summed E-state index contributed by atoms with van der Waals surface area (Å²) in [5, 5.41) is 4.07. The summed E-state index contributed by atoms with van der Waals surface area (Å²) in [6, 6.07) is 9.99. The lowest BCUT2D eigenvalue weighted by molar-refractivity contribution is 0.103. The third-order valence-electron chi connectivity index (χ3n) is 3.89. The van der Waals surface area contributed by atoms with Crippen LogP contribution in [0.5, 0.6) is 5.75 Å². The van der Waals surface area contributed by atoms with E-state index >= 15 is 0 Å². The van der Waals surface area contributed by atoms with Crippen LogP contribution in [0.15, 0.2) is 42.7 Å². The number of ether oxygens (including phenoxy) is 1. The second-order valence-corrected chi connectivity index (χ2v) is 6.63. The first kappa shape index (κ1) is 13.4. The fraction of sp³-hybridized carbons (Fsp3) is 0.235. The number of benzene rings is 1. The van der Waals surface area contributed by atoms with Gasteiger partial charge in [-0.2, -0.15) is 0 Å². The predicted octanol–water partition coefficient (Wildman–Crippen LogP) is 4.30. The molecule has 0 saturated heterocycles. The predicted molar refractivity (Wildman–Crippen MR) is 89.0 cm³/mol. The maximum absolute atomic E-state index is 12.3. The molecule has 5 heteroatoms. The molecule has 112 valence electrons. The molecular formula is C17H16N2O2S. The van der Waals surface area contributed by atoms with E-state index in [0.29, 0.717) is 6.04 Å². The number of carbonyl (C=O) groups is 1. The Morgan fingerprint density at radius 3 is 2.68 bits per heavy atom. The summed E-state index contributed by atoms with van der Waals surface area (Å²) >= 11 is 1.54. The molecule has 1 aromatic carbocycles. The third kappa shape index (κ3) is 2.48. The van der Waals surface area contributed by atoms with Gasteiger partial charge in [0.15, 0.2) is 0 Å². The smallest absolute Gasteiger partial charge is 0.265 e. The molecule has 4 rings (SSSR count). The molecule has 1 aliphatic rings. The van der Waals surface area contributed by atoms with E-state index in [2.05, 4.69) is 22.3 Å². The van der Waals surface area contributed by atoms with Crippen molar-refractivity contribution in [3.05, 3.63) is 47.6 Å². The zero-order valence-electron chi connectivity index (χ0n) is 12.2. The Hall–Kier alpha value is -2.27. The molecule has 1 amide bonds. The normalized spacial score (nSPS) is 14.2. The second-order valence-electron chi connectivity index (χ2n) is 5.55. The number of aromatic nitrogens is 1. The molecule has 1 fully saturated rings. The summed E-state index contributed by atoms with van der Waals surface area (Å²) in [6.07, 6.45) is 6.84. The van der Waals surface area contributed by atoms with Crippen LogP contribution in [-0.2, 0) is 0 Å². The number of nitrogens with one attached hydrogen (secondary N) is 1. The Balaban J connectivity index is 1.52. The van der Waals surface area contributed by atoms with Crippen LogP contribution < -0.4 is 10.1 Å². The van der Waals surface area contributed by atoms with Crippen LogP contribution >= 0.6 is 11.3 Å². The molecule has 0 unspecified atom stereocenters. The number of amides is 1. The molecule has 1 N–H and O–H groups in total. The first-order chi connectivity index (χ1) is 10.7. The largest absolute Gasteiger partial charge is 0.497 e. The van der Waals surface area contributed by atoms with E-state index in [1.54, 1.807) is 18.4 Å². The van der Waals surface area contributed by atoms with Gasteiger partial charge in [0.1, 0.15) is 5.75 Å². The van der Waals surface area contributed by atoms with E-state index in [4.69, 9.17) is 4.74 Å². The van der Waals surface area contributed by atoms with Gasteiger partial charge in [-0.15, -0.1) is 11.3 Å². The summed E-state index contributed by atoms with van der Waals surface area (Å²) in [4.78, 5) is 13.1. The van der Waals surface area contributed by atoms with E-state index in [-0.39, 0.29) is 5.91 Å². The average molecular weight is 312 g/mol. The molecule has 1 aliphatic carbocycles. The molecule has 3 aromatic rings. The molecule has 0 radical (unpaired) electrons. The molecular weight excluding hydrogens is 296 g/mol. The number of methoxy groups -OCH3 is 1. The zero-order valence-corrected chi connectivity index (χ0v) is 13.0. The summed E-state index contributed by atoms with van der Waals surface area (Å²) < 4.78 is 8.55. The van der Waals surface area contributed by atoms with Crippen LogP contribution in [-0.4, -0.2) is 17.6 Å². The fourth-order valence-corrected chi connectivity index (χ4v) is 3.49. The van der Waals surface area contributed by atoms with Crippen LogP contribution in [0.2, 0.25) is 0 Å². The SMILES string of the molecule is COc1ccc(NC(=O)c2cc3cn(C4CC4)cc3s2)cc1. The van der Waals surface area contributed by atoms with Crippen LogP contribution in [0, 0.1) is 0 Å². The monoisotopic (exact) mass is 312 g/mol. The van der Waals surface area contributed by atoms with Gasteiger partial charge in [0.05, 0.1) is 16.7 Å². The Labute approximate surface area is 132 Å². The minimum atomic E-state index is -0.0654. The zero-order chi connectivity index (χ0) is 15.1. The number of anilines is 1. The lowest BCUT2D eigenvalue weighted by Crippen LogP contribution is -2.09. The van der Waals surface area contributed by atoms with Gasteiger partial charge < -0.3 is 14.6 Å². The van der Waals surface area contributed by atoms with Crippen molar-refractivity contribution in [1.82, 2.24) is 4.57 Å². The molecule has 22 heavy (non-hydrogen) atoms. The van der Waals surface area contributed by atoms with Gasteiger partial charge in [-0.1, -0.05) is 0 Å². The van der Waals surface area contributed by atoms with E-state index in [1.165, 1.54) is 17.5 Å². The number of nitrogens with zero attached hydrogens (tertiary/aromatic N) is 1. The Kier molecular flexibility index (Phi) is 3.15. The maximum Gasteiger partial charge on any atom is 0.265 e. The first-order valence-corrected chi connectivity index (χ1v) is 8.11. The van der Waals surface area contributed by atoms with E-state index in [1.807, 2.05) is 30.3 Å². The van der Waals surface area contributed by atoms with Crippen molar-refractivity contribution in [1.29, 1.82) is 0 Å². The number of rotatable bonds is 4. The molecule has 2 aromatic heterocycles. The van der Waals surface area contributed by atoms with Crippen molar-refractivity contribution in [2.45, 2.75) is 18.9 Å². The highest BCUT2D eigenvalue weighted by atomic mass is 32.1. The molecule has 0 atom stereocenters. The second kappa shape index (κ2) is 5.18. The number of fused-ring (bicyclic) bond motifs is 1. The van der Waals surface area contributed by atoms with Gasteiger partial charge in [0, 0.05) is 29.5 Å². The molecule has 0 aliphatic heterocycles. The van der Waals surface area contributed by atoms with Crippen molar-refractivity contribution >= 4 is 33.0 Å². The maximum atomic E-state index is 12.3. The van der Waals surface area contributed by atoms with Gasteiger partial charge in [0.2, 0.25) is 0 Å². The standard InChI is InChI=1S/C17H16N2O2S/c1-21-14-6-2-12(3-7-14)18-17(20)15-8-11-9-19(13-4-5-13)10-16(11)22-15/h2-3,6-10,13H,4-5H2,1H3,(H,18,20). The van der Waals surface area contributed by atoms with Crippen LogP contribution in [0.4, 0.5) is 5.69 Å². The Morgan fingerprint density at radius 1 is 1.27 bits per heavy atom. The van der Waals surface area contributed by atoms with Crippen molar-refractivity contribution in [3.8, 4) is 5.75 Å². The summed E-state index contributed by atoms with van der Waals surface area (Å²) in [7, 11) is 1.62. The molecule has 0 spiro atoms. The van der Waals surface area contributed by atoms with Crippen molar-refractivity contribution < 1.29 is 9.53 Å². The Bertz CT molecular complexity index is 797. The first-order valence-electron chi connectivity index (χ1n) is 7.29. The van der Waals surface area contributed by atoms with E-state index in [0.717, 1.165) is 21.7 Å². The van der Waals surface area contributed by atoms with E-state index in [9.17, 15) is 4.79 Å². The van der Waals surface area contributed by atoms with Crippen molar-refractivity contribution in [2.24, 2.45) is 0 Å². The quantitative estimate of drug-likeness (QED) is 0.780. The van der Waals surface area contributed by atoms with E-state index < -0.39 is 0 Å². The number of hydrogen-bond acceptors (Lipinski definition) is 3. The topological polar surface area (TPSA) is 43.3 Å². The minimum absolute atomic E-state index is 0.0654. The number of hydrogen-bond donors (Lipinski definition) is 1. The number of thiophene rings is 1. The molecule has 2 heterocycles. The highest BCUT2D eigenvalue weighted by molar-refractivity contribution is 7.20. The van der Waals surface area contributed by atoms with Crippen LogP contribution in [0.3, 0.4) is 0 Å². The lowest BCUT2D eigenvalue weighted by atomic mass is 10.3. The van der Waals surface area contributed by atoms with Gasteiger partial charge in [-0.25, -0.2) is 0 Å². The van der Waals surface area contributed by atoms with Crippen molar-refractivity contribution in [2.75, 3.05) is 12.4 Å². The minimum Gasteiger partial charge on any atom is -0.497 e. The van der Waals surface area contributed by atoms with Gasteiger partial charge in [0.25, 0.3) is 5.91 Å². The van der Waals surface area contributed by atoms with Crippen LogP contribution in [0.1, 0.15) is 28.6 Å². The van der Waals surface area contributed by atoms with Gasteiger partial charge in [-0.05, 0) is 43.2 Å². The molecule has 1 saturated carbocycles. The molecule has 4 nitrogen and oxygen atoms in total. The Morgan fingerprint density at radius 2 is 2.05 bits per heavy atom. The van der Waals surface area contributed by atoms with Crippen LogP contribution in [0.25, 0.3) is 10.1 Å². The van der Waals surface area contributed by atoms with Gasteiger partial charge >= 0.3 is 0 Å².